The highest BCUT2D eigenvalue weighted by Crippen LogP contribution is 2.09. The highest BCUT2D eigenvalue weighted by molar-refractivity contribution is 7.09. The molecular formula is C12H14N4O3S. The van der Waals surface area contributed by atoms with Crippen LogP contribution in [-0.2, 0) is 17.8 Å². The minimum absolute atomic E-state index is 0.0127. The molecule has 20 heavy (non-hydrogen) atoms. The van der Waals surface area contributed by atoms with Gasteiger partial charge in [0.25, 0.3) is 0 Å². The van der Waals surface area contributed by atoms with Crippen LogP contribution in [0.2, 0.25) is 0 Å². The summed E-state index contributed by atoms with van der Waals surface area (Å²) in [6.45, 7) is 0.598. The van der Waals surface area contributed by atoms with Crippen LogP contribution in [0.4, 0.5) is 0 Å². The molecule has 0 fully saturated rings. The average molecular weight is 294 g/mol. The highest BCUT2D eigenvalue weighted by atomic mass is 32.1. The van der Waals surface area contributed by atoms with E-state index >= 15 is 0 Å². The summed E-state index contributed by atoms with van der Waals surface area (Å²) in [7, 11) is 1.71. The lowest BCUT2D eigenvalue weighted by molar-refractivity contribution is -0.130. The molecule has 2 heterocycles. The largest absolute Gasteiger partial charge is 0.476 e. The monoisotopic (exact) mass is 294 g/mol. The number of nitrogens with zero attached hydrogens (tertiary/aromatic N) is 4. The number of carboxylic acids is 1. The Morgan fingerprint density at radius 3 is 2.90 bits per heavy atom. The van der Waals surface area contributed by atoms with E-state index in [9.17, 15) is 9.59 Å². The second-order valence-corrected chi connectivity index (χ2v) is 5.28. The van der Waals surface area contributed by atoms with Gasteiger partial charge in [-0.05, 0) is 17.9 Å². The third-order valence-corrected chi connectivity index (χ3v) is 3.69. The number of carboxylic acid groups (broad SMARTS) is 1. The van der Waals surface area contributed by atoms with Crippen molar-refractivity contribution in [3.63, 3.8) is 0 Å². The molecule has 0 aliphatic rings. The van der Waals surface area contributed by atoms with E-state index < -0.39 is 5.97 Å². The van der Waals surface area contributed by atoms with Crippen molar-refractivity contribution in [3.8, 4) is 0 Å². The summed E-state index contributed by atoms with van der Waals surface area (Å²) in [6.07, 6.45) is 2.05. The second-order valence-electron chi connectivity index (χ2n) is 4.25. The van der Waals surface area contributed by atoms with Gasteiger partial charge in [-0.15, -0.1) is 16.4 Å². The Hall–Kier alpha value is -2.22. The molecule has 0 atom stereocenters. The van der Waals surface area contributed by atoms with E-state index in [0.717, 1.165) is 6.42 Å². The maximum Gasteiger partial charge on any atom is 0.358 e. The number of hydrogen-bond donors (Lipinski definition) is 1. The molecule has 0 unspecified atom stereocenters. The molecule has 0 bridgehead atoms. The Balaban J connectivity index is 1.85. The normalized spacial score (nSPS) is 10.4. The lowest BCUT2D eigenvalue weighted by Crippen LogP contribution is -2.32. The first-order chi connectivity index (χ1) is 9.56. The molecule has 0 saturated carbocycles. The fourth-order valence-corrected chi connectivity index (χ4v) is 2.29. The van der Waals surface area contributed by atoms with Crippen molar-refractivity contribution in [1.29, 1.82) is 0 Å². The Labute approximate surface area is 119 Å². The molecule has 2 aromatic heterocycles. The summed E-state index contributed by atoms with van der Waals surface area (Å²) < 4.78 is 1.23. The second kappa shape index (κ2) is 6.29. The molecule has 106 valence electrons. The lowest BCUT2D eigenvalue weighted by atomic mass is 10.3. The molecule has 0 saturated heterocycles. The van der Waals surface area contributed by atoms with Crippen LogP contribution in [-0.4, -0.2) is 50.5 Å². The van der Waals surface area contributed by atoms with E-state index in [1.807, 2.05) is 17.5 Å². The van der Waals surface area contributed by atoms with Crippen molar-refractivity contribution in [1.82, 2.24) is 19.9 Å². The molecular weight excluding hydrogens is 280 g/mol. The van der Waals surface area contributed by atoms with Crippen LogP contribution in [0.3, 0.4) is 0 Å². The topological polar surface area (TPSA) is 88.3 Å². The summed E-state index contributed by atoms with van der Waals surface area (Å²) in [4.78, 5) is 25.4. The first kappa shape index (κ1) is 14.2. The fourth-order valence-electron chi connectivity index (χ4n) is 1.59. The predicted octanol–water partition coefficient (Wildman–Crippen LogP) is 0.739. The summed E-state index contributed by atoms with van der Waals surface area (Å²) >= 11 is 1.66. The first-order valence-electron chi connectivity index (χ1n) is 5.96. The Morgan fingerprint density at radius 1 is 1.50 bits per heavy atom. The van der Waals surface area contributed by atoms with Gasteiger partial charge in [0.2, 0.25) is 5.91 Å². The Kier molecular flexibility index (Phi) is 4.46. The van der Waals surface area contributed by atoms with E-state index in [0.29, 0.717) is 6.54 Å². The third kappa shape index (κ3) is 3.64. The van der Waals surface area contributed by atoms with Gasteiger partial charge in [-0.3, -0.25) is 4.79 Å². The number of amides is 1. The number of likely N-dealkylation sites (N-methyl/N-ethyl adjacent to an activating group) is 1. The van der Waals surface area contributed by atoms with E-state index in [4.69, 9.17) is 5.11 Å². The molecule has 7 nitrogen and oxygen atoms in total. The van der Waals surface area contributed by atoms with Gasteiger partial charge in [0, 0.05) is 18.5 Å². The molecule has 2 rings (SSSR count). The van der Waals surface area contributed by atoms with Crippen LogP contribution in [0.25, 0.3) is 0 Å². The van der Waals surface area contributed by atoms with Crippen molar-refractivity contribution in [3.05, 3.63) is 34.3 Å². The molecule has 0 aliphatic carbocycles. The van der Waals surface area contributed by atoms with Crippen molar-refractivity contribution in [2.24, 2.45) is 0 Å². The average Bonchev–Trinajstić information content (AvgIpc) is 3.06. The van der Waals surface area contributed by atoms with Crippen molar-refractivity contribution in [2.75, 3.05) is 13.6 Å². The van der Waals surface area contributed by atoms with E-state index in [1.54, 1.807) is 23.3 Å². The molecule has 2 aromatic rings. The smallest absolute Gasteiger partial charge is 0.358 e. The quantitative estimate of drug-likeness (QED) is 0.849. The van der Waals surface area contributed by atoms with E-state index in [-0.39, 0.29) is 18.1 Å². The predicted molar refractivity (Wildman–Crippen MR) is 72.6 cm³/mol. The van der Waals surface area contributed by atoms with Crippen molar-refractivity contribution >= 4 is 23.2 Å². The molecule has 1 N–H and O–H groups in total. The van der Waals surface area contributed by atoms with Gasteiger partial charge in [0.1, 0.15) is 6.54 Å². The maximum absolute atomic E-state index is 11.9. The third-order valence-electron chi connectivity index (χ3n) is 2.75. The number of aromatic nitrogens is 3. The van der Waals surface area contributed by atoms with Crippen LogP contribution in [0, 0.1) is 0 Å². The van der Waals surface area contributed by atoms with Crippen LogP contribution >= 0.6 is 11.3 Å². The highest BCUT2D eigenvalue weighted by Gasteiger charge is 2.13. The van der Waals surface area contributed by atoms with Gasteiger partial charge in [0.15, 0.2) is 5.69 Å². The number of hydrogen-bond acceptors (Lipinski definition) is 5. The molecule has 0 radical (unpaired) electrons. The standard InChI is InChI=1S/C12H14N4O3S/c1-15(5-4-9-3-2-6-20-9)11(17)8-16-7-10(12(18)19)13-14-16/h2-3,6-7H,4-5,8H2,1H3,(H,18,19). The molecule has 0 aliphatic heterocycles. The minimum Gasteiger partial charge on any atom is -0.476 e. The van der Waals surface area contributed by atoms with Gasteiger partial charge >= 0.3 is 5.97 Å². The van der Waals surface area contributed by atoms with Crippen LogP contribution in [0.15, 0.2) is 23.7 Å². The molecule has 0 spiro atoms. The summed E-state index contributed by atoms with van der Waals surface area (Å²) in [6, 6.07) is 4.00. The number of carbonyl (C=O) groups is 2. The first-order valence-corrected chi connectivity index (χ1v) is 6.84. The van der Waals surface area contributed by atoms with Gasteiger partial charge in [-0.25, -0.2) is 9.48 Å². The zero-order valence-electron chi connectivity index (χ0n) is 10.9. The molecule has 8 heteroatoms. The number of thiophene rings is 1. The minimum atomic E-state index is -1.16. The number of rotatable bonds is 6. The van der Waals surface area contributed by atoms with Crippen LogP contribution in [0.1, 0.15) is 15.4 Å². The van der Waals surface area contributed by atoms with Gasteiger partial charge in [0.05, 0.1) is 6.20 Å². The SMILES string of the molecule is CN(CCc1cccs1)C(=O)Cn1cc(C(=O)O)nn1. The molecule has 1 amide bonds. The zero-order valence-corrected chi connectivity index (χ0v) is 11.7. The lowest BCUT2D eigenvalue weighted by Gasteiger charge is -2.16. The number of aromatic carboxylic acids is 1. The van der Waals surface area contributed by atoms with Crippen molar-refractivity contribution in [2.45, 2.75) is 13.0 Å². The van der Waals surface area contributed by atoms with Crippen molar-refractivity contribution < 1.29 is 14.7 Å². The van der Waals surface area contributed by atoms with Gasteiger partial charge < -0.3 is 10.0 Å². The maximum atomic E-state index is 11.9. The Morgan fingerprint density at radius 2 is 2.30 bits per heavy atom. The van der Waals surface area contributed by atoms with E-state index in [2.05, 4.69) is 10.3 Å². The van der Waals surface area contributed by atoms with Crippen LogP contribution < -0.4 is 0 Å². The fraction of sp³-hybridized carbons (Fsp3) is 0.333. The van der Waals surface area contributed by atoms with Gasteiger partial charge in [-0.1, -0.05) is 11.3 Å². The van der Waals surface area contributed by atoms with E-state index in [1.165, 1.54) is 15.8 Å². The molecule has 0 aromatic carbocycles. The zero-order chi connectivity index (χ0) is 14.5. The van der Waals surface area contributed by atoms with Gasteiger partial charge in [-0.2, -0.15) is 0 Å². The summed E-state index contributed by atoms with van der Waals surface area (Å²) in [5.74, 6) is -1.29. The number of carbonyl (C=O) groups excluding carboxylic acids is 1. The van der Waals surface area contributed by atoms with Crippen LogP contribution in [0.5, 0.6) is 0 Å². The Bertz CT molecular complexity index is 594. The summed E-state index contributed by atoms with van der Waals surface area (Å²) in [5, 5.41) is 17.8. The summed E-state index contributed by atoms with van der Waals surface area (Å²) in [5.41, 5.74) is -0.168.